The Kier molecular flexibility index (Phi) is 6.07. The first-order chi connectivity index (χ1) is 11.8. The highest BCUT2D eigenvalue weighted by Gasteiger charge is 2.33. The van der Waals surface area contributed by atoms with Gasteiger partial charge in [0.25, 0.3) is 0 Å². The van der Waals surface area contributed by atoms with Crippen LogP contribution in [0.2, 0.25) is 0 Å². The molecule has 0 saturated carbocycles. The highest BCUT2D eigenvalue weighted by molar-refractivity contribution is 7.09. The number of aliphatic imine (C=N–C) groups is 1. The topological polar surface area (TPSA) is 81.8 Å². The van der Waals surface area contributed by atoms with E-state index in [0.717, 1.165) is 16.7 Å². The first-order valence-corrected chi connectivity index (χ1v) is 8.02. The molecule has 25 heavy (non-hydrogen) atoms. The number of guanidine groups is 1. The largest absolute Gasteiger partial charge is 0.493 e. The Morgan fingerprint density at radius 1 is 1.28 bits per heavy atom. The van der Waals surface area contributed by atoms with Gasteiger partial charge in [-0.15, -0.1) is 11.3 Å². The minimum absolute atomic E-state index is 0.139. The summed E-state index contributed by atoms with van der Waals surface area (Å²) in [4.78, 5) is 7.62. The molecule has 0 amide bonds. The molecule has 136 valence electrons. The van der Waals surface area contributed by atoms with Gasteiger partial charge in [-0.2, -0.15) is 13.2 Å². The Hall–Kier alpha value is -2.49. The SMILES string of the molecule is COc1ccc(NC(N)=NCCc2nc(C(F)(F)F)cs2)cc1OC. The molecule has 0 aliphatic heterocycles. The average molecular weight is 374 g/mol. The van der Waals surface area contributed by atoms with Gasteiger partial charge in [-0.1, -0.05) is 0 Å². The molecule has 0 aliphatic carbocycles. The lowest BCUT2D eigenvalue weighted by molar-refractivity contribution is -0.140. The average Bonchev–Trinajstić information content (AvgIpc) is 3.04. The number of aromatic nitrogens is 1. The fourth-order valence-electron chi connectivity index (χ4n) is 1.93. The third-order valence-electron chi connectivity index (χ3n) is 3.11. The third-order valence-corrected chi connectivity index (χ3v) is 4.01. The Morgan fingerprint density at radius 3 is 2.60 bits per heavy atom. The molecule has 0 bridgehead atoms. The highest BCUT2D eigenvalue weighted by atomic mass is 32.1. The predicted molar refractivity (Wildman–Crippen MR) is 90.5 cm³/mol. The van der Waals surface area contributed by atoms with Crippen LogP contribution < -0.4 is 20.5 Å². The summed E-state index contributed by atoms with van der Waals surface area (Å²) in [6.07, 6.45) is -4.15. The predicted octanol–water partition coefficient (Wildman–Crippen LogP) is 3.15. The van der Waals surface area contributed by atoms with Crippen LogP contribution in [0.15, 0.2) is 28.6 Å². The van der Waals surface area contributed by atoms with Crippen molar-refractivity contribution in [2.45, 2.75) is 12.6 Å². The smallest absolute Gasteiger partial charge is 0.434 e. The van der Waals surface area contributed by atoms with Crippen LogP contribution in [0.4, 0.5) is 18.9 Å². The minimum atomic E-state index is -4.42. The zero-order chi connectivity index (χ0) is 18.4. The Labute approximate surface area is 146 Å². The van der Waals surface area contributed by atoms with Crippen LogP contribution in [0.5, 0.6) is 11.5 Å². The lowest BCUT2D eigenvalue weighted by Crippen LogP contribution is -2.23. The van der Waals surface area contributed by atoms with Gasteiger partial charge in [0.2, 0.25) is 0 Å². The van der Waals surface area contributed by atoms with Gasteiger partial charge in [0.05, 0.1) is 19.2 Å². The van der Waals surface area contributed by atoms with Crippen LogP contribution >= 0.6 is 11.3 Å². The Bertz CT molecular complexity index is 747. The summed E-state index contributed by atoms with van der Waals surface area (Å²) in [5, 5.41) is 4.23. The molecule has 3 N–H and O–H groups in total. The molecule has 2 rings (SSSR count). The molecule has 0 spiro atoms. The maximum Gasteiger partial charge on any atom is 0.434 e. The molecule has 0 saturated heterocycles. The number of nitrogens with zero attached hydrogens (tertiary/aromatic N) is 2. The van der Waals surface area contributed by atoms with E-state index in [9.17, 15) is 13.2 Å². The summed E-state index contributed by atoms with van der Waals surface area (Å²) in [7, 11) is 3.05. The number of hydrogen-bond donors (Lipinski definition) is 2. The van der Waals surface area contributed by atoms with E-state index in [0.29, 0.717) is 22.2 Å². The Balaban J connectivity index is 1.92. The summed E-state index contributed by atoms with van der Waals surface area (Å²) in [5.41, 5.74) is 5.54. The number of anilines is 1. The van der Waals surface area contributed by atoms with E-state index in [4.69, 9.17) is 15.2 Å². The van der Waals surface area contributed by atoms with Gasteiger partial charge in [-0.05, 0) is 12.1 Å². The van der Waals surface area contributed by atoms with E-state index >= 15 is 0 Å². The number of halogens is 3. The Morgan fingerprint density at radius 2 is 2.00 bits per heavy atom. The number of thiazole rings is 1. The van der Waals surface area contributed by atoms with Crippen LogP contribution in [-0.4, -0.2) is 31.7 Å². The molecule has 0 atom stereocenters. The second kappa shape index (κ2) is 8.06. The third kappa shape index (κ3) is 5.24. The molecule has 0 fully saturated rings. The van der Waals surface area contributed by atoms with E-state index in [1.807, 2.05) is 0 Å². The van der Waals surface area contributed by atoms with Crippen LogP contribution in [0.1, 0.15) is 10.7 Å². The van der Waals surface area contributed by atoms with E-state index in [2.05, 4.69) is 15.3 Å². The molecule has 0 aliphatic rings. The quantitative estimate of drug-likeness (QED) is 0.600. The van der Waals surface area contributed by atoms with E-state index in [-0.39, 0.29) is 18.9 Å². The first kappa shape index (κ1) is 18.8. The van der Waals surface area contributed by atoms with Gasteiger partial charge in [0, 0.05) is 30.1 Å². The lowest BCUT2D eigenvalue weighted by Gasteiger charge is -2.10. The van der Waals surface area contributed by atoms with Crippen molar-refractivity contribution in [3.05, 3.63) is 34.3 Å². The van der Waals surface area contributed by atoms with Crippen LogP contribution in [0.25, 0.3) is 0 Å². The van der Waals surface area contributed by atoms with E-state index < -0.39 is 11.9 Å². The number of rotatable bonds is 6. The van der Waals surface area contributed by atoms with Gasteiger partial charge >= 0.3 is 6.18 Å². The molecule has 0 radical (unpaired) electrons. The summed E-state index contributed by atoms with van der Waals surface area (Å²) in [6.45, 7) is 0.219. The van der Waals surface area contributed by atoms with Crippen molar-refractivity contribution in [3.63, 3.8) is 0 Å². The van der Waals surface area contributed by atoms with Crippen molar-refractivity contribution >= 4 is 23.0 Å². The minimum Gasteiger partial charge on any atom is -0.493 e. The fourth-order valence-corrected chi connectivity index (χ4v) is 2.72. The molecule has 6 nitrogen and oxygen atoms in total. The highest BCUT2D eigenvalue weighted by Crippen LogP contribution is 2.30. The van der Waals surface area contributed by atoms with Gasteiger partial charge < -0.3 is 20.5 Å². The zero-order valence-electron chi connectivity index (χ0n) is 13.6. The first-order valence-electron chi connectivity index (χ1n) is 7.14. The molecule has 1 aromatic heterocycles. The van der Waals surface area contributed by atoms with Crippen molar-refractivity contribution in [1.82, 2.24) is 4.98 Å². The monoisotopic (exact) mass is 374 g/mol. The van der Waals surface area contributed by atoms with Gasteiger partial charge in [0.15, 0.2) is 23.2 Å². The van der Waals surface area contributed by atoms with Crippen molar-refractivity contribution in [2.24, 2.45) is 10.7 Å². The van der Waals surface area contributed by atoms with Gasteiger partial charge in [0.1, 0.15) is 0 Å². The summed E-state index contributed by atoms with van der Waals surface area (Å²) >= 11 is 0.949. The standard InChI is InChI=1S/C15H17F3N4O2S/c1-23-10-4-3-9(7-11(10)24-2)21-14(19)20-6-5-13-22-12(8-25-13)15(16,17)18/h3-4,7-8H,5-6H2,1-2H3,(H3,19,20,21). The summed E-state index contributed by atoms with van der Waals surface area (Å²) < 4.78 is 47.8. The maximum absolute atomic E-state index is 12.5. The van der Waals surface area contributed by atoms with Crippen LogP contribution in [0.3, 0.4) is 0 Å². The van der Waals surface area contributed by atoms with Crippen molar-refractivity contribution in [2.75, 3.05) is 26.1 Å². The number of hydrogen-bond acceptors (Lipinski definition) is 5. The van der Waals surface area contributed by atoms with E-state index in [1.165, 1.54) is 14.2 Å². The number of nitrogens with one attached hydrogen (secondary N) is 1. The number of methoxy groups -OCH3 is 2. The van der Waals surface area contributed by atoms with Gasteiger partial charge in [-0.3, -0.25) is 4.99 Å². The maximum atomic E-state index is 12.5. The molecule has 10 heteroatoms. The fraction of sp³-hybridized carbons (Fsp3) is 0.333. The van der Waals surface area contributed by atoms with Crippen molar-refractivity contribution in [1.29, 1.82) is 0 Å². The summed E-state index contributed by atoms with van der Waals surface area (Å²) in [5.74, 6) is 1.25. The van der Waals surface area contributed by atoms with Crippen LogP contribution in [0, 0.1) is 0 Å². The van der Waals surface area contributed by atoms with Gasteiger partial charge in [-0.25, -0.2) is 4.98 Å². The lowest BCUT2D eigenvalue weighted by atomic mass is 10.3. The zero-order valence-corrected chi connectivity index (χ0v) is 14.4. The number of alkyl halides is 3. The molecular weight excluding hydrogens is 357 g/mol. The normalized spacial score (nSPS) is 12.1. The van der Waals surface area contributed by atoms with Crippen LogP contribution in [-0.2, 0) is 12.6 Å². The molecule has 0 unspecified atom stereocenters. The molecular formula is C15H17F3N4O2S. The summed E-state index contributed by atoms with van der Waals surface area (Å²) in [6, 6.07) is 5.14. The number of benzene rings is 1. The molecule has 1 heterocycles. The number of ether oxygens (including phenoxy) is 2. The van der Waals surface area contributed by atoms with Crippen molar-refractivity contribution in [3.8, 4) is 11.5 Å². The second-order valence-electron chi connectivity index (χ2n) is 4.84. The molecule has 1 aromatic carbocycles. The number of nitrogens with two attached hydrogens (primary N) is 1. The molecule has 2 aromatic rings. The second-order valence-corrected chi connectivity index (χ2v) is 5.78. The van der Waals surface area contributed by atoms with Crippen molar-refractivity contribution < 1.29 is 22.6 Å². The van der Waals surface area contributed by atoms with E-state index in [1.54, 1.807) is 18.2 Å².